The highest BCUT2D eigenvalue weighted by Crippen LogP contribution is 2.23. The molecule has 0 fully saturated rings. The first-order chi connectivity index (χ1) is 9.45. The number of aliphatic hydroxyl groups is 1. The minimum absolute atomic E-state index is 0.158. The van der Waals surface area contributed by atoms with Crippen molar-refractivity contribution in [3.8, 4) is 0 Å². The Labute approximate surface area is 132 Å². The Morgan fingerprint density at radius 2 is 2.10 bits per heavy atom. The second kappa shape index (κ2) is 8.93. The Morgan fingerprint density at radius 3 is 2.70 bits per heavy atom. The number of benzene rings is 1. The topological polar surface area (TPSA) is 32.3 Å². The van der Waals surface area contributed by atoms with Crippen molar-refractivity contribution in [2.75, 3.05) is 12.4 Å². The minimum atomic E-state index is -0.158. The molecular weight excluding hydrogens is 290 g/mol. The van der Waals surface area contributed by atoms with Crippen LogP contribution in [0.2, 0.25) is 5.02 Å². The van der Waals surface area contributed by atoms with E-state index in [1.165, 1.54) is 4.90 Å². The van der Waals surface area contributed by atoms with Crippen LogP contribution in [-0.2, 0) is 0 Å². The van der Waals surface area contributed by atoms with E-state index in [1.807, 2.05) is 30.0 Å². The molecule has 20 heavy (non-hydrogen) atoms. The molecule has 0 aliphatic rings. The summed E-state index contributed by atoms with van der Waals surface area (Å²) < 4.78 is 0. The summed E-state index contributed by atoms with van der Waals surface area (Å²) in [7, 11) is 0. The van der Waals surface area contributed by atoms with Gasteiger partial charge in [0, 0.05) is 21.5 Å². The van der Waals surface area contributed by atoms with Gasteiger partial charge in [-0.1, -0.05) is 37.9 Å². The molecule has 0 spiro atoms. The summed E-state index contributed by atoms with van der Waals surface area (Å²) in [6, 6.07) is 8.38. The predicted octanol–water partition coefficient (Wildman–Crippen LogP) is 4.35. The Morgan fingerprint density at radius 1 is 1.35 bits per heavy atom. The fourth-order valence-electron chi connectivity index (χ4n) is 2.26. The van der Waals surface area contributed by atoms with E-state index in [9.17, 15) is 5.11 Å². The van der Waals surface area contributed by atoms with Gasteiger partial charge in [-0.3, -0.25) is 0 Å². The molecule has 0 aliphatic carbocycles. The number of nitrogens with one attached hydrogen (secondary N) is 1. The van der Waals surface area contributed by atoms with Gasteiger partial charge in [-0.2, -0.15) is 0 Å². The van der Waals surface area contributed by atoms with E-state index in [2.05, 4.69) is 32.2 Å². The molecule has 0 amide bonds. The highest BCUT2D eigenvalue weighted by Gasteiger charge is 2.22. The molecule has 0 bridgehead atoms. The third kappa shape index (κ3) is 6.98. The van der Waals surface area contributed by atoms with E-state index in [0.29, 0.717) is 6.04 Å². The molecule has 1 atom stereocenters. The van der Waals surface area contributed by atoms with Crippen LogP contribution in [0.1, 0.15) is 40.0 Å². The van der Waals surface area contributed by atoms with E-state index < -0.39 is 0 Å². The maximum Gasteiger partial charge on any atom is 0.0610 e. The molecular formula is C16H26ClNOS. The summed E-state index contributed by atoms with van der Waals surface area (Å²) in [5.41, 5.74) is -0.158. The zero-order chi connectivity index (χ0) is 15.0. The van der Waals surface area contributed by atoms with Crippen LogP contribution in [-0.4, -0.2) is 29.0 Å². The number of hydrogen-bond donors (Lipinski definition) is 2. The number of hydrogen-bond acceptors (Lipinski definition) is 3. The van der Waals surface area contributed by atoms with Gasteiger partial charge in [-0.25, -0.2) is 0 Å². The lowest BCUT2D eigenvalue weighted by atomic mass is 9.95. The van der Waals surface area contributed by atoms with Gasteiger partial charge >= 0.3 is 0 Å². The van der Waals surface area contributed by atoms with Gasteiger partial charge in [0.1, 0.15) is 0 Å². The lowest BCUT2D eigenvalue weighted by Gasteiger charge is -2.31. The Balaban J connectivity index is 2.24. The van der Waals surface area contributed by atoms with E-state index in [0.717, 1.165) is 30.0 Å². The summed E-state index contributed by atoms with van der Waals surface area (Å²) in [4.78, 5) is 1.22. The molecule has 0 heterocycles. The average Bonchev–Trinajstić information content (AvgIpc) is 2.37. The third-order valence-corrected chi connectivity index (χ3v) is 4.49. The predicted molar refractivity (Wildman–Crippen MR) is 89.8 cm³/mol. The van der Waals surface area contributed by atoms with E-state index >= 15 is 0 Å². The van der Waals surface area contributed by atoms with Gasteiger partial charge in [0.2, 0.25) is 0 Å². The van der Waals surface area contributed by atoms with Crippen molar-refractivity contribution in [1.82, 2.24) is 5.32 Å². The van der Waals surface area contributed by atoms with Gasteiger partial charge in [0.05, 0.1) is 6.61 Å². The minimum Gasteiger partial charge on any atom is -0.394 e. The average molecular weight is 316 g/mol. The monoisotopic (exact) mass is 315 g/mol. The molecule has 2 N–H and O–H groups in total. The molecule has 4 heteroatoms. The first-order valence-electron chi connectivity index (χ1n) is 7.22. The van der Waals surface area contributed by atoms with Gasteiger partial charge in [-0.05, 0) is 43.7 Å². The smallest absolute Gasteiger partial charge is 0.0610 e. The number of thioether (sulfide) groups is 1. The number of halogens is 1. The standard InChI is InChI=1S/C16H26ClNOS/c1-13(2)18-16(3,12-19)9-4-5-10-20-15-8-6-7-14(17)11-15/h6-8,11,13,18-19H,4-5,9-10,12H2,1-3H3. The highest BCUT2D eigenvalue weighted by atomic mass is 35.5. The van der Waals surface area contributed by atoms with E-state index in [-0.39, 0.29) is 12.1 Å². The summed E-state index contributed by atoms with van der Waals surface area (Å²) in [6.45, 7) is 6.51. The number of aliphatic hydroxyl groups excluding tert-OH is 1. The van der Waals surface area contributed by atoms with Crippen molar-refractivity contribution in [2.45, 2.75) is 56.5 Å². The van der Waals surface area contributed by atoms with Crippen LogP contribution in [0, 0.1) is 0 Å². The van der Waals surface area contributed by atoms with Crippen LogP contribution >= 0.6 is 23.4 Å². The third-order valence-electron chi connectivity index (χ3n) is 3.17. The molecule has 0 radical (unpaired) electrons. The van der Waals surface area contributed by atoms with Crippen molar-refractivity contribution in [3.63, 3.8) is 0 Å². The lowest BCUT2D eigenvalue weighted by Crippen LogP contribution is -2.49. The normalized spacial score (nSPS) is 14.5. The molecule has 0 saturated carbocycles. The summed E-state index contributed by atoms with van der Waals surface area (Å²) in [5.74, 6) is 1.09. The maximum absolute atomic E-state index is 9.52. The fraction of sp³-hybridized carbons (Fsp3) is 0.625. The van der Waals surface area contributed by atoms with Crippen LogP contribution in [0.3, 0.4) is 0 Å². The highest BCUT2D eigenvalue weighted by molar-refractivity contribution is 7.99. The quantitative estimate of drug-likeness (QED) is 0.525. The van der Waals surface area contributed by atoms with Crippen LogP contribution in [0.15, 0.2) is 29.2 Å². The molecule has 0 aliphatic heterocycles. The molecule has 0 aromatic heterocycles. The van der Waals surface area contributed by atoms with Gasteiger partial charge in [0.25, 0.3) is 0 Å². The van der Waals surface area contributed by atoms with Crippen molar-refractivity contribution in [1.29, 1.82) is 0 Å². The van der Waals surface area contributed by atoms with Crippen LogP contribution in [0.4, 0.5) is 0 Å². The van der Waals surface area contributed by atoms with Gasteiger partial charge < -0.3 is 10.4 Å². The lowest BCUT2D eigenvalue weighted by molar-refractivity contribution is 0.154. The van der Waals surface area contributed by atoms with Crippen molar-refractivity contribution >= 4 is 23.4 Å². The fourth-order valence-corrected chi connectivity index (χ4v) is 3.48. The van der Waals surface area contributed by atoms with Crippen LogP contribution < -0.4 is 5.32 Å². The summed E-state index contributed by atoms with van der Waals surface area (Å²) in [6.07, 6.45) is 3.26. The Kier molecular flexibility index (Phi) is 7.96. The first-order valence-corrected chi connectivity index (χ1v) is 8.58. The van der Waals surface area contributed by atoms with E-state index in [1.54, 1.807) is 0 Å². The first kappa shape index (κ1) is 17.8. The molecule has 1 aromatic rings. The molecule has 0 saturated heterocycles. The van der Waals surface area contributed by atoms with Gasteiger partial charge in [0.15, 0.2) is 0 Å². The van der Waals surface area contributed by atoms with Crippen LogP contribution in [0.5, 0.6) is 0 Å². The van der Waals surface area contributed by atoms with Crippen molar-refractivity contribution in [3.05, 3.63) is 29.3 Å². The van der Waals surface area contributed by atoms with Crippen molar-refractivity contribution in [2.24, 2.45) is 0 Å². The number of rotatable bonds is 9. The van der Waals surface area contributed by atoms with Crippen LogP contribution in [0.25, 0.3) is 0 Å². The largest absolute Gasteiger partial charge is 0.394 e. The van der Waals surface area contributed by atoms with Crippen molar-refractivity contribution < 1.29 is 5.11 Å². The molecule has 114 valence electrons. The maximum atomic E-state index is 9.52. The molecule has 1 unspecified atom stereocenters. The number of unbranched alkanes of at least 4 members (excludes halogenated alkanes) is 1. The zero-order valence-corrected chi connectivity index (χ0v) is 14.2. The summed E-state index contributed by atoms with van der Waals surface area (Å²) >= 11 is 7.80. The SMILES string of the molecule is CC(C)NC(C)(CO)CCCCSc1cccc(Cl)c1. The molecule has 1 rings (SSSR count). The van der Waals surface area contributed by atoms with E-state index in [4.69, 9.17) is 11.6 Å². The zero-order valence-electron chi connectivity index (χ0n) is 12.7. The molecule has 1 aromatic carbocycles. The molecule has 2 nitrogen and oxygen atoms in total. The Hall–Kier alpha value is -0.220. The van der Waals surface area contributed by atoms with Gasteiger partial charge in [-0.15, -0.1) is 11.8 Å². The second-order valence-corrected chi connectivity index (χ2v) is 7.39. The summed E-state index contributed by atoms with van der Waals surface area (Å²) in [5, 5.41) is 13.8. The Bertz CT molecular complexity index is 400. The second-order valence-electron chi connectivity index (χ2n) is 5.78.